The Morgan fingerprint density at radius 2 is 1.86 bits per heavy atom. The van der Waals surface area contributed by atoms with Crippen molar-refractivity contribution < 1.29 is 4.74 Å². The molecule has 0 fully saturated rings. The Bertz CT molecular complexity index is 638. The summed E-state index contributed by atoms with van der Waals surface area (Å²) in [6, 6.07) is 6.11. The Morgan fingerprint density at radius 3 is 2.52 bits per heavy atom. The molecule has 0 unspecified atom stereocenters. The number of aryl methyl sites for hydroxylation is 1. The summed E-state index contributed by atoms with van der Waals surface area (Å²) in [6.07, 6.45) is 1.06. The number of rotatable bonds is 5. The zero-order valence-electron chi connectivity index (χ0n) is 13.4. The third kappa shape index (κ3) is 3.15. The Kier molecular flexibility index (Phi) is 4.78. The molecule has 1 heterocycles. The molecule has 2 aromatic rings. The number of benzene rings is 1. The molecule has 112 valence electrons. The van der Waals surface area contributed by atoms with Gasteiger partial charge in [0.25, 0.3) is 0 Å². The SMILES string of the molecule is CCCNc1nnc(-c2cc(C)ccc2OC)c(C)c1C. The molecular formula is C17H23N3O. The van der Waals surface area contributed by atoms with Crippen molar-refractivity contribution in [3.8, 4) is 17.0 Å². The number of methoxy groups -OCH3 is 1. The minimum Gasteiger partial charge on any atom is -0.496 e. The first-order valence-corrected chi connectivity index (χ1v) is 7.31. The minimum atomic E-state index is 0.826. The van der Waals surface area contributed by atoms with E-state index >= 15 is 0 Å². The van der Waals surface area contributed by atoms with Crippen molar-refractivity contribution in [2.24, 2.45) is 0 Å². The fourth-order valence-electron chi connectivity index (χ4n) is 2.28. The van der Waals surface area contributed by atoms with Gasteiger partial charge in [0.1, 0.15) is 5.75 Å². The van der Waals surface area contributed by atoms with Crippen LogP contribution in [0.3, 0.4) is 0 Å². The van der Waals surface area contributed by atoms with Gasteiger partial charge in [0.05, 0.1) is 12.8 Å². The molecule has 0 spiro atoms. The number of anilines is 1. The van der Waals surface area contributed by atoms with Crippen LogP contribution in [0.1, 0.15) is 30.0 Å². The van der Waals surface area contributed by atoms with Crippen LogP contribution in [0.4, 0.5) is 5.82 Å². The Morgan fingerprint density at radius 1 is 1.10 bits per heavy atom. The van der Waals surface area contributed by atoms with Crippen molar-refractivity contribution in [2.75, 3.05) is 19.0 Å². The van der Waals surface area contributed by atoms with E-state index in [0.717, 1.165) is 46.9 Å². The summed E-state index contributed by atoms with van der Waals surface area (Å²) in [7, 11) is 1.68. The molecular weight excluding hydrogens is 262 g/mol. The number of nitrogens with zero attached hydrogens (tertiary/aromatic N) is 2. The number of nitrogens with one attached hydrogen (secondary N) is 1. The van der Waals surface area contributed by atoms with Gasteiger partial charge in [-0.25, -0.2) is 0 Å². The van der Waals surface area contributed by atoms with Crippen LogP contribution in [0.5, 0.6) is 5.75 Å². The lowest BCUT2D eigenvalue weighted by Gasteiger charge is -2.14. The smallest absolute Gasteiger partial charge is 0.151 e. The summed E-state index contributed by atoms with van der Waals surface area (Å²) in [5.41, 5.74) is 5.32. The standard InChI is InChI=1S/C17H23N3O/c1-6-9-18-17-13(4)12(3)16(19-20-17)14-10-11(2)7-8-15(14)21-5/h7-8,10H,6,9H2,1-5H3,(H,18,20). The van der Waals surface area contributed by atoms with E-state index in [9.17, 15) is 0 Å². The largest absolute Gasteiger partial charge is 0.496 e. The normalized spacial score (nSPS) is 10.5. The van der Waals surface area contributed by atoms with E-state index in [-0.39, 0.29) is 0 Å². The first-order chi connectivity index (χ1) is 10.1. The van der Waals surface area contributed by atoms with Crippen LogP contribution in [0.2, 0.25) is 0 Å². The van der Waals surface area contributed by atoms with Gasteiger partial charge < -0.3 is 10.1 Å². The first-order valence-electron chi connectivity index (χ1n) is 7.31. The highest BCUT2D eigenvalue weighted by Crippen LogP contribution is 2.33. The van der Waals surface area contributed by atoms with Crippen molar-refractivity contribution in [1.82, 2.24) is 10.2 Å². The summed E-state index contributed by atoms with van der Waals surface area (Å²) in [5, 5.41) is 12.1. The highest BCUT2D eigenvalue weighted by molar-refractivity contribution is 5.72. The molecule has 0 saturated heterocycles. The van der Waals surface area contributed by atoms with E-state index < -0.39 is 0 Å². The lowest BCUT2D eigenvalue weighted by molar-refractivity contribution is 0.416. The minimum absolute atomic E-state index is 0.826. The molecule has 1 N–H and O–H groups in total. The van der Waals surface area contributed by atoms with E-state index in [1.54, 1.807) is 7.11 Å². The zero-order valence-corrected chi connectivity index (χ0v) is 13.4. The monoisotopic (exact) mass is 285 g/mol. The maximum absolute atomic E-state index is 5.46. The average Bonchev–Trinajstić information content (AvgIpc) is 2.49. The van der Waals surface area contributed by atoms with Crippen molar-refractivity contribution in [3.63, 3.8) is 0 Å². The average molecular weight is 285 g/mol. The Balaban J connectivity index is 2.50. The summed E-state index contributed by atoms with van der Waals surface area (Å²) in [6.45, 7) is 9.26. The van der Waals surface area contributed by atoms with Crippen molar-refractivity contribution in [3.05, 3.63) is 34.9 Å². The molecule has 0 aliphatic heterocycles. The second-order valence-corrected chi connectivity index (χ2v) is 5.28. The van der Waals surface area contributed by atoms with Crippen molar-refractivity contribution in [1.29, 1.82) is 0 Å². The molecule has 4 nitrogen and oxygen atoms in total. The fourth-order valence-corrected chi connectivity index (χ4v) is 2.28. The molecule has 1 aromatic carbocycles. The van der Waals surface area contributed by atoms with Gasteiger partial charge in [-0.2, -0.15) is 0 Å². The van der Waals surface area contributed by atoms with Crippen LogP contribution in [-0.2, 0) is 0 Å². The van der Waals surface area contributed by atoms with E-state index in [4.69, 9.17) is 4.74 Å². The summed E-state index contributed by atoms with van der Waals surface area (Å²) in [5.74, 6) is 1.69. The third-order valence-electron chi connectivity index (χ3n) is 3.68. The van der Waals surface area contributed by atoms with E-state index in [0.29, 0.717) is 0 Å². The molecule has 0 aliphatic carbocycles. The van der Waals surface area contributed by atoms with Crippen LogP contribution in [0.25, 0.3) is 11.3 Å². The highest BCUT2D eigenvalue weighted by Gasteiger charge is 2.15. The van der Waals surface area contributed by atoms with E-state index in [2.05, 4.69) is 49.3 Å². The van der Waals surface area contributed by atoms with Crippen molar-refractivity contribution in [2.45, 2.75) is 34.1 Å². The van der Waals surface area contributed by atoms with E-state index in [1.165, 1.54) is 5.56 Å². The van der Waals surface area contributed by atoms with Gasteiger partial charge in [-0.3, -0.25) is 0 Å². The predicted octanol–water partition coefficient (Wildman–Crippen LogP) is 3.90. The van der Waals surface area contributed by atoms with Crippen LogP contribution < -0.4 is 10.1 Å². The lowest BCUT2D eigenvalue weighted by Crippen LogP contribution is -2.07. The van der Waals surface area contributed by atoms with Gasteiger partial charge in [0.15, 0.2) is 5.82 Å². The molecule has 0 saturated carbocycles. The topological polar surface area (TPSA) is 47.0 Å². The molecule has 2 rings (SSSR count). The maximum atomic E-state index is 5.46. The number of ether oxygens (including phenoxy) is 1. The molecule has 0 bridgehead atoms. The third-order valence-corrected chi connectivity index (χ3v) is 3.68. The van der Waals surface area contributed by atoms with Crippen LogP contribution in [0.15, 0.2) is 18.2 Å². The van der Waals surface area contributed by atoms with Crippen LogP contribution in [0, 0.1) is 20.8 Å². The van der Waals surface area contributed by atoms with E-state index in [1.807, 2.05) is 12.1 Å². The van der Waals surface area contributed by atoms with Gasteiger partial charge in [0.2, 0.25) is 0 Å². The van der Waals surface area contributed by atoms with Crippen LogP contribution >= 0.6 is 0 Å². The predicted molar refractivity (Wildman–Crippen MR) is 87.0 cm³/mol. The number of hydrogen-bond donors (Lipinski definition) is 1. The fraction of sp³-hybridized carbons (Fsp3) is 0.412. The summed E-state index contributed by atoms with van der Waals surface area (Å²) >= 11 is 0. The molecule has 21 heavy (non-hydrogen) atoms. The summed E-state index contributed by atoms with van der Waals surface area (Å²) < 4.78 is 5.46. The Hall–Kier alpha value is -2.10. The quantitative estimate of drug-likeness (QED) is 0.905. The number of aromatic nitrogens is 2. The molecule has 0 radical (unpaired) electrons. The van der Waals surface area contributed by atoms with Gasteiger partial charge in [-0.1, -0.05) is 18.6 Å². The second kappa shape index (κ2) is 6.57. The van der Waals surface area contributed by atoms with Gasteiger partial charge in [0, 0.05) is 12.1 Å². The first kappa shape index (κ1) is 15.3. The van der Waals surface area contributed by atoms with Crippen molar-refractivity contribution >= 4 is 5.82 Å². The molecule has 1 aromatic heterocycles. The van der Waals surface area contributed by atoms with Gasteiger partial charge >= 0.3 is 0 Å². The lowest BCUT2D eigenvalue weighted by atomic mass is 10.0. The second-order valence-electron chi connectivity index (χ2n) is 5.28. The molecule has 0 amide bonds. The highest BCUT2D eigenvalue weighted by atomic mass is 16.5. The zero-order chi connectivity index (χ0) is 15.4. The van der Waals surface area contributed by atoms with Gasteiger partial charge in [-0.05, 0) is 50.5 Å². The van der Waals surface area contributed by atoms with Crippen LogP contribution in [-0.4, -0.2) is 23.9 Å². The Labute approximate surface area is 126 Å². The maximum Gasteiger partial charge on any atom is 0.151 e. The number of hydrogen-bond acceptors (Lipinski definition) is 4. The molecule has 4 heteroatoms. The molecule has 0 atom stereocenters. The summed E-state index contributed by atoms with van der Waals surface area (Å²) in [4.78, 5) is 0. The van der Waals surface area contributed by atoms with Gasteiger partial charge in [-0.15, -0.1) is 10.2 Å². The molecule has 0 aliphatic rings.